The number of benzene rings is 1. The van der Waals surface area contributed by atoms with Gasteiger partial charge in [-0.3, -0.25) is 0 Å². The predicted octanol–water partition coefficient (Wildman–Crippen LogP) is 2.34. The van der Waals surface area contributed by atoms with Crippen molar-refractivity contribution in [3.8, 4) is 23.8 Å². The SMILES string of the molecule is C#CCCCOc1c(CN)cccc1OCC. The molecule has 0 saturated carbocycles. The summed E-state index contributed by atoms with van der Waals surface area (Å²) in [4.78, 5) is 0. The molecule has 0 heterocycles. The van der Waals surface area contributed by atoms with E-state index in [1.807, 2.05) is 25.1 Å². The third kappa shape index (κ3) is 4.01. The summed E-state index contributed by atoms with van der Waals surface area (Å²) in [6.45, 7) is 3.57. The minimum absolute atomic E-state index is 0.436. The second kappa shape index (κ2) is 7.59. The van der Waals surface area contributed by atoms with Gasteiger partial charge >= 0.3 is 0 Å². The fraction of sp³-hybridized carbons (Fsp3) is 0.429. The molecule has 92 valence electrons. The van der Waals surface area contributed by atoms with E-state index in [1.54, 1.807) is 0 Å². The lowest BCUT2D eigenvalue weighted by Crippen LogP contribution is -2.06. The highest BCUT2D eigenvalue weighted by atomic mass is 16.5. The minimum Gasteiger partial charge on any atom is -0.490 e. The van der Waals surface area contributed by atoms with Gasteiger partial charge in [0, 0.05) is 18.5 Å². The zero-order chi connectivity index (χ0) is 12.5. The van der Waals surface area contributed by atoms with E-state index >= 15 is 0 Å². The first-order chi connectivity index (χ1) is 8.33. The molecule has 0 aliphatic rings. The van der Waals surface area contributed by atoms with Crippen LogP contribution in [0.2, 0.25) is 0 Å². The number of hydrogen-bond acceptors (Lipinski definition) is 3. The minimum atomic E-state index is 0.436. The van der Waals surface area contributed by atoms with E-state index in [0.29, 0.717) is 19.8 Å². The molecule has 1 aromatic carbocycles. The number of unbranched alkanes of at least 4 members (excludes halogenated alkanes) is 1. The molecule has 3 nitrogen and oxygen atoms in total. The van der Waals surface area contributed by atoms with E-state index in [0.717, 1.165) is 29.9 Å². The van der Waals surface area contributed by atoms with Crippen LogP contribution in [0.15, 0.2) is 18.2 Å². The van der Waals surface area contributed by atoms with Crippen LogP contribution < -0.4 is 15.2 Å². The van der Waals surface area contributed by atoms with Crippen molar-refractivity contribution in [2.75, 3.05) is 13.2 Å². The van der Waals surface area contributed by atoms with Gasteiger partial charge in [0.1, 0.15) is 0 Å². The highest BCUT2D eigenvalue weighted by molar-refractivity contribution is 5.46. The van der Waals surface area contributed by atoms with Crippen LogP contribution in [0, 0.1) is 12.3 Å². The van der Waals surface area contributed by atoms with E-state index in [-0.39, 0.29) is 0 Å². The summed E-state index contributed by atoms with van der Waals surface area (Å²) in [7, 11) is 0. The molecule has 0 spiro atoms. The standard InChI is InChI=1S/C14H19NO2/c1-3-5-6-10-17-14-12(11-15)8-7-9-13(14)16-4-2/h1,7-9H,4-6,10-11,15H2,2H3. The first-order valence-corrected chi connectivity index (χ1v) is 5.84. The Bertz CT molecular complexity index is 382. The Morgan fingerprint density at radius 2 is 2.18 bits per heavy atom. The van der Waals surface area contributed by atoms with Gasteiger partial charge in [-0.1, -0.05) is 12.1 Å². The average Bonchev–Trinajstić information content (AvgIpc) is 2.36. The van der Waals surface area contributed by atoms with E-state index in [9.17, 15) is 0 Å². The van der Waals surface area contributed by atoms with Crippen LogP contribution in [0.3, 0.4) is 0 Å². The largest absolute Gasteiger partial charge is 0.490 e. The van der Waals surface area contributed by atoms with Crippen molar-refractivity contribution < 1.29 is 9.47 Å². The van der Waals surface area contributed by atoms with Gasteiger partial charge in [0.2, 0.25) is 0 Å². The van der Waals surface area contributed by atoms with Crippen LogP contribution in [-0.2, 0) is 6.54 Å². The van der Waals surface area contributed by atoms with Gasteiger partial charge in [0.15, 0.2) is 11.5 Å². The van der Waals surface area contributed by atoms with Gasteiger partial charge in [-0.05, 0) is 19.4 Å². The van der Waals surface area contributed by atoms with Gasteiger partial charge in [-0.25, -0.2) is 0 Å². The molecule has 2 N–H and O–H groups in total. The Kier molecular flexibility index (Phi) is 5.98. The van der Waals surface area contributed by atoms with Crippen LogP contribution in [0.25, 0.3) is 0 Å². The molecule has 0 amide bonds. The third-order valence-corrected chi connectivity index (χ3v) is 2.29. The number of ether oxygens (including phenoxy) is 2. The molecule has 0 fully saturated rings. The molecule has 0 bridgehead atoms. The first kappa shape index (κ1) is 13.4. The van der Waals surface area contributed by atoms with Crippen LogP contribution in [0.5, 0.6) is 11.5 Å². The van der Waals surface area contributed by atoms with Crippen molar-refractivity contribution in [2.45, 2.75) is 26.3 Å². The molecular weight excluding hydrogens is 214 g/mol. The lowest BCUT2D eigenvalue weighted by atomic mass is 10.2. The normalized spacial score (nSPS) is 9.71. The Labute approximate surface area is 103 Å². The molecule has 0 radical (unpaired) electrons. The van der Waals surface area contributed by atoms with Crippen molar-refractivity contribution in [1.29, 1.82) is 0 Å². The third-order valence-electron chi connectivity index (χ3n) is 2.29. The molecule has 0 atom stereocenters. The van der Waals surface area contributed by atoms with Gasteiger partial charge < -0.3 is 15.2 Å². The Hall–Kier alpha value is -1.66. The van der Waals surface area contributed by atoms with Crippen molar-refractivity contribution in [3.05, 3.63) is 23.8 Å². The monoisotopic (exact) mass is 233 g/mol. The van der Waals surface area contributed by atoms with Gasteiger partial charge in [0.05, 0.1) is 13.2 Å². The van der Waals surface area contributed by atoms with Gasteiger partial charge in [-0.15, -0.1) is 12.3 Å². The highest BCUT2D eigenvalue weighted by Crippen LogP contribution is 2.31. The number of para-hydroxylation sites is 1. The summed E-state index contributed by atoms with van der Waals surface area (Å²) in [6.07, 6.45) is 6.74. The number of terminal acetylenes is 1. The van der Waals surface area contributed by atoms with Crippen LogP contribution >= 0.6 is 0 Å². The number of hydrogen-bond donors (Lipinski definition) is 1. The second-order valence-electron chi connectivity index (χ2n) is 3.54. The molecule has 0 aliphatic carbocycles. The zero-order valence-electron chi connectivity index (χ0n) is 10.2. The maximum Gasteiger partial charge on any atom is 0.165 e. The van der Waals surface area contributed by atoms with E-state index in [2.05, 4.69) is 5.92 Å². The predicted molar refractivity (Wildman–Crippen MR) is 69.1 cm³/mol. The molecule has 1 rings (SSSR count). The van der Waals surface area contributed by atoms with E-state index < -0.39 is 0 Å². The van der Waals surface area contributed by atoms with E-state index in [1.165, 1.54) is 0 Å². The summed E-state index contributed by atoms with van der Waals surface area (Å²) >= 11 is 0. The second-order valence-corrected chi connectivity index (χ2v) is 3.54. The van der Waals surface area contributed by atoms with Crippen molar-refractivity contribution in [1.82, 2.24) is 0 Å². The lowest BCUT2D eigenvalue weighted by molar-refractivity contribution is 0.272. The fourth-order valence-corrected chi connectivity index (χ4v) is 1.50. The molecular formula is C14H19NO2. The molecule has 0 aliphatic heterocycles. The van der Waals surface area contributed by atoms with Crippen molar-refractivity contribution >= 4 is 0 Å². The summed E-state index contributed by atoms with van der Waals surface area (Å²) in [5.74, 6) is 4.08. The van der Waals surface area contributed by atoms with Crippen LogP contribution in [-0.4, -0.2) is 13.2 Å². The summed E-state index contributed by atoms with van der Waals surface area (Å²) < 4.78 is 11.2. The first-order valence-electron chi connectivity index (χ1n) is 5.84. The van der Waals surface area contributed by atoms with Crippen molar-refractivity contribution in [3.63, 3.8) is 0 Å². The fourth-order valence-electron chi connectivity index (χ4n) is 1.50. The molecule has 3 heteroatoms. The Morgan fingerprint density at radius 1 is 1.35 bits per heavy atom. The summed E-state index contributed by atoms with van der Waals surface area (Å²) in [6, 6.07) is 5.75. The van der Waals surface area contributed by atoms with Crippen LogP contribution in [0.4, 0.5) is 0 Å². The maximum absolute atomic E-state index is 5.71. The highest BCUT2D eigenvalue weighted by Gasteiger charge is 2.09. The molecule has 0 saturated heterocycles. The summed E-state index contributed by atoms with van der Waals surface area (Å²) in [5.41, 5.74) is 6.63. The topological polar surface area (TPSA) is 44.5 Å². The Morgan fingerprint density at radius 3 is 2.82 bits per heavy atom. The molecule has 0 unspecified atom stereocenters. The lowest BCUT2D eigenvalue weighted by Gasteiger charge is -2.14. The smallest absolute Gasteiger partial charge is 0.165 e. The zero-order valence-corrected chi connectivity index (χ0v) is 10.2. The van der Waals surface area contributed by atoms with E-state index in [4.69, 9.17) is 21.6 Å². The molecule has 17 heavy (non-hydrogen) atoms. The van der Waals surface area contributed by atoms with Gasteiger partial charge in [0.25, 0.3) is 0 Å². The molecule has 1 aromatic rings. The quantitative estimate of drug-likeness (QED) is 0.580. The van der Waals surface area contributed by atoms with Crippen LogP contribution in [0.1, 0.15) is 25.3 Å². The van der Waals surface area contributed by atoms with Gasteiger partial charge in [-0.2, -0.15) is 0 Å². The number of nitrogens with two attached hydrogens (primary N) is 1. The summed E-state index contributed by atoms with van der Waals surface area (Å²) in [5, 5.41) is 0. The molecule has 0 aromatic heterocycles. The van der Waals surface area contributed by atoms with Crippen molar-refractivity contribution in [2.24, 2.45) is 5.73 Å². The average molecular weight is 233 g/mol. The number of rotatable bonds is 7. The Balaban J connectivity index is 2.74. The maximum atomic E-state index is 5.71.